The van der Waals surface area contributed by atoms with Crippen LogP contribution in [0, 0.1) is 11.8 Å². The fourth-order valence-electron chi connectivity index (χ4n) is 3.81. The standard InChI is InChI=1S/C22H36O2/c1-3-5-19-6-8-20(9-7-19)10-11-21-12-14-22(15-13-21)24-18-17-23-16-4-2/h12-15,19-20H,3-11,16-18H2,1-2H3. The summed E-state index contributed by atoms with van der Waals surface area (Å²) in [5, 5.41) is 0. The van der Waals surface area contributed by atoms with Crippen LogP contribution in [-0.2, 0) is 11.2 Å². The van der Waals surface area contributed by atoms with Gasteiger partial charge in [-0.25, -0.2) is 0 Å². The summed E-state index contributed by atoms with van der Waals surface area (Å²) in [4.78, 5) is 0. The zero-order valence-corrected chi connectivity index (χ0v) is 15.8. The Morgan fingerprint density at radius 1 is 0.792 bits per heavy atom. The molecule has 1 aliphatic carbocycles. The van der Waals surface area contributed by atoms with Gasteiger partial charge in [-0.1, -0.05) is 64.5 Å². The Kier molecular flexibility index (Phi) is 9.27. The van der Waals surface area contributed by atoms with Crippen molar-refractivity contribution in [2.75, 3.05) is 19.8 Å². The molecule has 0 aromatic heterocycles. The third-order valence-electron chi connectivity index (χ3n) is 5.27. The Bertz CT molecular complexity index is 418. The Morgan fingerprint density at radius 2 is 1.46 bits per heavy atom. The van der Waals surface area contributed by atoms with Gasteiger partial charge in [-0.2, -0.15) is 0 Å². The number of hydrogen-bond acceptors (Lipinski definition) is 2. The van der Waals surface area contributed by atoms with Crippen LogP contribution in [0.3, 0.4) is 0 Å². The fraction of sp³-hybridized carbons (Fsp3) is 0.727. The van der Waals surface area contributed by atoms with Crippen LogP contribution in [0.4, 0.5) is 0 Å². The van der Waals surface area contributed by atoms with Crippen molar-refractivity contribution in [3.63, 3.8) is 0 Å². The van der Waals surface area contributed by atoms with Crippen LogP contribution in [0.1, 0.15) is 70.8 Å². The summed E-state index contributed by atoms with van der Waals surface area (Å²) in [5.74, 6) is 2.92. The number of rotatable bonds is 11. The monoisotopic (exact) mass is 332 g/mol. The zero-order valence-electron chi connectivity index (χ0n) is 15.8. The maximum atomic E-state index is 5.71. The van der Waals surface area contributed by atoms with E-state index >= 15 is 0 Å². The van der Waals surface area contributed by atoms with Crippen molar-refractivity contribution in [1.82, 2.24) is 0 Å². The minimum absolute atomic E-state index is 0.639. The molecule has 1 saturated carbocycles. The quantitative estimate of drug-likeness (QED) is 0.460. The van der Waals surface area contributed by atoms with E-state index in [0.717, 1.165) is 30.6 Å². The zero-order chi connectivity index (χ0) is 17.0. The van der Waals surface area contributed by atoms with E-state index in [-0.39, 0.29) is 0 Å². The van der Waals surface area contributed by atoms with Crippen molar-refractivity contribution < 1.29 is 9.47 Å². The highest BCUT2D eigenvalue weighted by atomic mass is 16.5. The molecule has 0 radical (unpaired) electrons. The molecule has 1 fully saturated rings. The van der Waals surface area contributed by atoms with Crippen LogP contribution in [0.2, 0.25) is 0 Å². The Morgan fingerprint density at radius 3 is 2.08 bits per heavy atom. The van der Waals surface area contributed by atoms with E-state index in [1.807, 2.05) is 0 Å². The second-order valence-electron chi connectivity index (χ2n) is 7.32. The van der Waals surface area contributed by atoms with Crippen molar-refractivity contribution in [3.8, 4) is 5.75 Å². The third kappa shape index (κ3) is 7.25. The fourth-order valence-corrected chi connectivity index (χ4v) is 3.81. The minimum atomic E-state index is 0.639. The average Bonchev–Trinajstić information content (AvgIpc) is 2.62. The molecule has 0 saturated heterocycles. The highest BCUT2D eigenvalue weighted by molar-refractivity contribution is 5.27. The molecule has 2 nitrogen and oxygen atoms in total. The molecule has 0 N–H and O–H groups in total. The van der Waals surface area contributed by atoms with Gasteiger partial charge >= 0.3 is 0 Å². The van der Waals surface area contributed by atoms with Crippen molar-refractivity contribution >= 4 is 0 Å². The van der Waals surface area contributed by atoms with Crippen LogP contribution >= 0.6 is 0 Å². The molecule has 24 heavy (non-hydrogen) atoms. The summed E-state index contributed by atoms with van der Waals surface area (Å²) in [7, 11) is 0. The first kappa shape index (κ1) is 19.3. The van der Waals surface area contributed by atoms with E-state index in [2.05, 4.69) is 38.1 Å². The van der Waals surface area contributed by atoms with E-state index in [1.165, 1.54) is 56.9 Å². The lowest BCUT2D eigenvalue weighted by molar-refractivity contribution is 0.101. The molecular weight excluding hydrogens is 296 g/mol. The van der Waals surface area contributed by atoms with E-state index in [9.17, 15) is 0 Å². The topological polar surface area (TPSA) is 18.5 Å². The molecule has 0 aliphatic heterocycles. The number of aryl methyl sites for hydroxylation is 1. The van der Waals surface area contributed by atoms with Gasteiger partial charge in [0.2, 0.25) is 0 Å². The smallest absolute Gasteiger partial charge is 0.119 e. The van der Waals surface area contributed by atoms with Gasteiger partial charge in [0.1, 0.15) is 12.4 Å². The van der Waals surface area contributed by atoms with Crippen molar-refractivity contribution in [2.45, 2.75) is 71.6 Å². The second kappa shape index (κ2) is 11.5. The van der Waals surface area contributed by atoms with Gasteiger partial charge in [0.05, 0.1) is 6.61 Å². The number of hydrogen-bond donors (Lipinski definition) is 0. The molecule has 0 amide bonds. The molecule has 0 atom stereocenters. The van der Waals surface area contributed by atoms with Crippen LogP contribution in [-0.4, -0.2) is 19.8 Å². The van der Waals surface area contributed by atoms with Crippen LogP contribution < -0.4 is 4.74 Å². The largest absolute Gasteiger partial charge is 0.491 e. The van der Waals surface area contributed by atoms with Crippen LogP contribution in [0.25, 0.3) is 0 Å². The van der Waals surface area contributed by atoms with Crippen molar-refractivity contribution in [2.24, 2.45) is 11.8 Å². The normalized spacial score (nSPS) is 20.9. The molecule has 1 aliphatic rings. The molecule has 1 aromatic carbocycles. The summed E-state index contributed by atoms with van der Waals surface area (Å²) in [5.41, 5.74) is 1.44. The van der Waals surface area contributed by atoms with Gasteiger partial charge in [-0.05, 0) is 48.8 Å². The SMILES string of the molecule is CCCOCCOc1ccc(CCC2CCC(CCC)CC2)cc1. The Hall–Kier alpha value is -1.02. The molecule has 136 valence electrons. The average molecular weight is 333 g/mol. The van der Waals surface area contributed by atoms with Gasteiger partial charge in [0.25, 0.3) is 0 Å². The summed E-state index contributed by atoms with van der Waals surface area (Å²) in [6.07, 6.45) is 12.2. The lowest BCUT2D eigenvalue weighted by Gasteiger charge is -2.28. The van der Waals surface area contributed by atoms with Gasteiger partial charge in [-0.15, -0.1) is 0 Å². The van der Waals surface area contributed by atoms with E-state index in [4.69, 9.17) is 9.47 Å². The molecule has 2 heteroatoms. The molecule has 0 heterocycles. The first-order valence-electron chi connectivity index (χ1n) is 10.1. The molecule has 0 bridgehead atoms. The first-order chi connectivity index (χ1) is 11.8. The number of benzene rings is 1. The summed E-state index contributed by atoms with van der Waals surface area (Å²) >= 11 is 0. The first-order valence-corrected chi connectivity index (χ1v) is 10.1. The molecule has 2 rings (SSSR count). The van der Waals surface area contributed by atoms with Gasteiger partial charge < -0.3 is 9.47 Å². The van der Waals surface area contributed by atoms with Crippen LogP contribution in [0.15, 0.2) is 24.3 Å². The third-order valence-corrected chi connectivity index (χ3v) is 5.27. The number of ether oxygens (including phenoxy) is 2. The van der Waals surface area contributed by atoms with Crippen molar-refractivity contribution in [3.05, 3.63) is 29.8 Å². The molecule has 0 spiro atoms. The molecule has 0 unspecified atom stereocenters. The summed E-state index contributed by atoms with van der Waals surface area (Å²) in [6, 6.07) is 8.66. The molecular formula is C22H36O2. The summed E-state index contributed by atoms with van der Waals surface area (Å²) < 4.78 is 11.1. The van der Waals surface area contributed by atoms with E-state index < -0.39 is 0 Å². The maximum absolute atomic E-state index is 5.71. The Balaban J connectivity index is 1.61. The highest BCUT2D eigenvalue weighted by Crippen LogP contribution is 2.33. The Labute approximate surface area is 148 Å². The van der Waals surface area contributed by atoms with Gasteiger partial charge in [0.15, 0.2) is 0 Å². The van der Waals surface area contributed by atoms with Crippen molar-refractivity contribution in [1.29, 1.82) is 0 Å². The highest BCUT2D eigenvalue weighted by Gasteiger charge is 2.20. The van der Waals surface area contributed by atoms with E-state index in [1.54, 1.807) is 0 Å². The predicted molar refractivity (Wildman–Crippen MR) is 102 cm³/mol. The summed E-state index contributed by atoms with van der Waals surface area (Å²) in [6.45, 7) is 6.58. The second-order valence-corrected chi connectivity index (χ2v) is 7.32. The predicted octanol–water partition coefficient (Wildman–Crippen LogP) is 6.03. The minimum Gasteiger partial charge on any atom is -0.491 e. The maximum Gasteiger partial charge on any atom is 0.119 e. The van der Waals surface area contributed by atoms with Gasteiger partial charge in [-0.3, -0.25) is 0 Å². The van der Waals surface area contributed by atoms with Crippen LogP contribution in [0.5, 0.6) is 5.75 Å². The van der Waals surface area contributed by atoms with Gasteiger partial charge in [0, 0.05) is 6.61 Å². The lowest BCUT2D eigenvalue weighted by Crippen LogP contribution is -2.15. The molecule has 1 aromatic rings. The van der Waals surface area contributed by atoms with E-state index in [0.29, 0.717) is 13.2 Å². The lowest BCUT2D eigenvalue weighted by atomic mass is 9.78.